The van der Waals surface area contributed by atoms with E-state index in [0.29, 0.717) is 6.54 Å². The van der Waals surface area contributed by atoms with Crippen molar-refractivity contribution in [3.8, 4) is 0 Å². The summed E-state index contributed by atoms with van der Waals surface area (Å²) in [5, 5.41) is 3.25. The molecule has 0 saturated carbocycles. The Kier molecular flexibility index (Phi) is 5.05. The average Bonchev–Trinajstić information content (AvgIpc) is 2.79. The number of aryl methyl sites for hydroxylation is 1. The van der Waals surface area contributed by atoms with E-state index in [1.807, 2.05) is 19.1 Å². The Labute approximate surface area is 117 Å². The number of rotatable bonds is 6. The summed E-state index contributed by atoms with van der Waals surface area (Å²) in [6, 6.07) is 7.11. The van der Waals surface area contributed by atoms with Crippen molar-refractivity contribution in [1.29, 1.82) is 0 Å². The molecule has 0 aliphatic carbocycles. The van der Waals surface area contributed by atoms with Crippen molar-refractivity contribution in [3.63, 3.8) is 0 Å². The van der Waals surface area contributed by atoms with E-state index in [4.69, 9.17) is 4.42 Å². The molecular formula is C15H18FNOS. The molecule has 0 spiro atoms. The van der Waals surface area contributed by atoms with Crippen molar-refractivity contribution >= 4 is 11.8 Å². The molecule has 0 unspecified atom stereocenters. The monoisotopic (exact) mass is 279 g/mol. The minimum atomic E-state index is -0.158. The summed E-state index contributed by atoms with van der Waals surface area (Å²) in [5.41, 5.74) is 0.724. The van der Waals surface area contributed by atoms with Crippen LogP contribution in [0.1, 0.15) is 24.7 Å². The number of hydrogen-bond acceptors (Lipinski definition) is 3. The van der Waals surface area contributed by atoms with E-state index in [0.717, 1.165) is 34.1 Å². The Bertz CT molecular complexity index is 539. The molecule has 19 heavy (non-hydrogen) atoms. The predicted molar refractivity (Wildman–Crippen MR) is 76.0 cm³/mol. The van der Waals surface area contributed by atoms with Crippen LogP contribution in [0.3, 0.4) is 0 Å². The van der Waals surface area contributed by atoms with Gasteiger partial charge in [-0.15, -0.1) is 0 Å². The first-order chi connectivity index (χ1) is 9.22. The molecule has 1 N–H and O–H groups in total. The Morgan fingerprint density at radius 3 is 2.79 bits per heavy atom. The minimum absolute atomic E-state index is 0.158. The second kappa shape index (κ2) is 6.78. The zero-order valence-corrected chi connectivity index (χ0v) is 12.0. The first-order valence-electron chi connectivity index (χ1n) is 6.42. The summed E-state index contributed by atoms with van der Waals surface area (Å²) in [6.45, 7) is 5.46. The number of hydrogen-bond donors (Lipinski definition) is 1. The van der Waals surface area contributed by atoms with Crippen LogP contribution in [0, 0.1) is 12.7 Å². The summed E-state index contributed by atoms with van der Waals surface area (Å²) < 4.78 is 19.2. The smallest absolute Gasteiger partial charge is 0.128 e. The van der Waals surface area contributed by atoms with Crippen LogP contribution in [0.5, 0.6) is 0 Å². The van der Waals surface area contributed by atoms with E-state index in [1.165, 1.54) is 6.07 Å². The van der Waals surface area contributed by atoms with Gasteiger partial charge in [-0.25, -0.2) is 4.39 Å². The van der Waals surface area contributed by atoms with Crippen LogP contribution >= 0.6 is 11.8 Å². The molecular weight excluding hydrogens is 261 g/mol. The van der Waals surface area contributed by atoms with E-state index in [9.17, 15) is 4.39 Å². The van der Waals surface area contributed by atoms with Gasteiger partial charge in [-0.2, -0.15) is 0 Å². The Balaban J connectivity index is 2.19. The fourth-order valence-electron chi connectivity index (χ4n) is 1.79. The quantitative estimate of drug-likeness (QED) is 0.794. The highest BCUT2D eigenvalue weighted by molar-refractivity contribution is 7.99. The van der Waals surface area contributed by atoms with Crippen LogP contribution in [-0.4, -0.2) is 6.54 Å². The number of halogens is 1. The molecule has 0 saturated heterocycles. The second-order valence-corrected chi connectivity index (χ2v) is 5.42. The van der Waals surface area contributed by atoms with E-state index in [2.05, 4.69) is 12.2 Å². The molecule has 2 nitrogen and oxygen atoms in total. The lowest BCUT2D eigenvalue weighted by Crippen LogP contribution is -2.15. The van der Waals surface area contributed by atoms with Gasteiger partial charge in [-0.05, 0) is 38.1 Å². The molecule has 1 aromatic carbocycles. The van der Waals surface area contributed by atoms with Gasteiger partial charge in [0.25, 0.3) is 0 Å². The van der Waals surface area contributed by atoms with Crippen LogP contribution in [0.15, 0.2) is 44.7 Å². The van der Waals surface area contributed by atoms with Gasteiger partial charge in [0.2, 0.25) is 0 Å². The van der Waals surface area contributed by atoms with Gasteiger partial charge in [0.15, 0.2) is 0 Å². The first-order valence-corrected chi connectivity index (χ1v) is 7.24. The predicted octanol–water partition coefficient (Wildman–Crippen LogP) is 4.38. The zero-order valence-electron chi connectivity index (χ0n) is 11.2. The van der Waals surface area contributed by atoms with Gasteiger partial charge < -0.3 is 9.73 Å². The number of benzene rings is 1. The van der Waals surface area contributed by atoms with Crippen molar-refractivity contribution in [2.75, 3.05) is 6.54 Å². The van der Waals surface area contributed by atoms with Gasteiger partial charge >= 0.3 is 0 Å². The van der Waals surface area contributed by atoms with Gasteiger partial charge in [-0.3, -0.25) is 0 Å². The fraction of sp³-hybridized carbons (Fsp3) is 0.333. The maximum atomic E-state index is 13.9. The van der Waals surface area contributed by atoms with Gasteiger partial charge in [0, 0.05) is 17.0 Å². The van der Waals surface area contributed by atoms with Crippen molar-refractivity contribution < 1.29 is 8.81 Å². The normalized spacial score (nSPS) is 10.9. The van der Waals surface area contributed by atoms with Crippen molar-refractivity contribution in [1.82, 2.24) is 5.32 Å². The molecule has 0 aliphatic rings. The summed E-state index contributed by atoms with van der Waals surface area (Å²) in [6.07, 6.45) is 2.70. The van der Waals surface area contributed by atoms with E-state index >= 15 is 0 Å². The lowest BCUT2D eigenvalue weighted by molar-refractivity contribution is 0.527. The molecule has 0 aliphatic heterocycles. The maximum absolute atomic E-state index is 13.9. The van der Waals surface area contributed by atoms with Gasteiger partial charge in [0.05, 0.1) is 11.2 Å². The minimum Gasteiger partial charge on any atom is -0.468 e. The molecule has 0 fully saturated rings. The van der Waals surface area contributed by atoms with Gasteiger partial charge in [-0.1, -0.05) is 24.8 Å². The van der Waals surface area contributed by atoms with Crippen LogP contribution in [-0.2, 0) is 6.54 Å². The van der Waals surface area contributed by atoms with Crippen LogP contribution < -0.4 is 5.32 Å². The van der Waals surface area contributed by atoms with Crippen LogP contribution in [0.2, 0.25) is 0 Å². The lowest BCUT2D eigenvalue weighted by atomic mass is 10.2. The molecule has 2 aromatic rings. The maximum Gasteiger partial charge on any atom is 0.128 e. The molecule has 2 rings (SSSR count). The molecule has 0 atom stereocenters. The van der Waals surface area contributed by atoms with E-state index < -0.39 is 0 Å². The van der Waals surface area contributed by atoms with Crippen LogP contribution in [0.4, 0.5) is 4.39 Å². The van der Waals surface area contributed by atoms with Crippen molar-refractivity contribution in [3.05, 3.63) is 47.7 Å². The molecule has 0 amide bonds. The van der Waals surface area contributed by atoms with E-state index in [1.54, 1.807) is 24.1 Å². The highest BCUT2D eigenvalue weighted by atomic mass is 32.2. The van der Waals surface area contributed by atoms with Crippen molar-refractivity contribution in [2.24, 2.45) is 0 Å². The molecule has 1 heterocycles. The summed E-state index contributed by atoms with van der Waals surface area (Å²) >= 11 is 1.55. The lowest BCUT2D eigenvalue weighted by Gasteiger charge is -2.10. The molecule has 0 bridgehead atoms. The zero-order chi connectivity index (χ0) is 13.7. The first kappa shape index (κ1) is 14.2. The number of furan rings is 1. The number of nitrogens with one attached hydrogen (secondary N) is 1. The fourth-order valence-corrected chi connectivity index (χ4v) is 2.79. The van der Waals surface area contributed by atoms with E-state index in [-0.39, 0.29) is 5.82 Å². The third kappa shape index (κ3) is 3.61. The average molecular weight is 279 g/mol. The molecule has 1 aromatic heterocycles. The second-order valence-electron chi connectivity index (χ2n) is 4.34. The summed E-state index contributed by atoms with van der Waals surface area (Å²) in [5.74, 6) is 0.705. The molecule has 102 valence electrons. The highest BCUT2D eigenvalue weighted by Crippen LogP contribution is 2.34. The third-order valence-electron chi connectivity index (χ3n) is 2.84. The Hall–Kier alpha value is -1.26. The SMILES string of the molecule is CCCNCc1c(F)cccc1Sc1ccoc1C. The topological polar surface area (TPSA) is 25.2 Å². The Morgan fingerprint density at radius 1 is 1.26 bits per heavy atom. The highest BCUT2D eigenvalue weighted by Gasteiger charge is 2.11. The Morgan fingerprint density at radius 2 is 2.11 bits per heavy atom. The third-order valence-corrected chi connectivity index (χ3v) is 4.08. The largest absolute Gasteiger partial charge is 0.468 e. The van der Waals surface area contributed by atoms with Crippen molar-refractivity contribution in [2.45, 2.75) is 36.6 Å². The molecule has 0 radical (unpaired) electrons. The van der Waals surface area contributed by atoms with Gasteiger partial charge in [0.1, 0.15) is 11.6 Å². The summed E-state index contributed by atoms with van der Waals surface area (Å²) in [4.78, 5) is 1.97. The van der Waals surface area contributed by atoms with Crippen LogP contribution in [0.25, 0.3) is 0 Å². The molecule has 4 heteroatoms. The summed E-state index contributed by atoms with van der Waals surface area (Å²) in [7, 11) is 0. The standard InChI is InChI=1S/C15H18FNOS/c1-3-8-17-10-12-13(16)5-4-6-15(12)19-14-7-9-18-11(14)2/h4-7,9,17H,3,8,10H2,1-2H3.